The minimum absolute atomic E-state index is 0.191. The number of halogens is 3. The van der Waals surface area contributed by atoms with Crippen molar-refractivity contribution < 1.29 is 18.3 Å². The van der Waals surface area contributed by atoms with Crippen molar-refractivity contribution in [2.45, 2.75) is 32.0 Å². The van der Waals surface area contributed by atoms with Crippen molar-refractivity contribution in [2.75, 3.05) is 23.7 Å². The van der Waals surface area contributed by atoms with Crippen LogP contribution in [-0.2, 0) is 6.18 Å². The minimum atomic E-state index is -4.47. The maximum absolute atomic E-state index is 12.7. The summed E-state index contributed by atoms with van der Waals surface area (Å²) in [5.41, 5.74) is 5.42. The zero-order valence-corrected chi connectivity index (χ0v) is 11.2. The number of aliphatic hydroxyl groups is 1. The van der Waals surface area contributed by atoms with Gasteiger partial charge in [-0.3, -0.25) is 0 Å². The SMILES string of the molecule is CC(O)C1CCN(c2cc(C(F)(F)F)ncc2N)CC1. The molecule has 1 unspecified atom stereocenters. The summed E-state index contributed by atoms with van der Waals surface area (Å²) in [5, 5.41) is 9.54. The van der Waals surface area contributed by atoms with E-state index in [2.05, 4.69) is 4.98 Å². The third kappa shape index (κ3) is 3.15. The molecule has 1 aromatic heterocycles. The molecule has 0 bridgehead atoms. The number of hydrogen-bond donors (Lipinski definition) is 2. The lowest BCUT2D eigenvalue weighted by atomic mass is 9.92. The molecule has 0 aliphatic carbocycles. The number of rotatable bonds is 2. The molecular weight excluding hydrogens is 271 g/mol. The van der Waals surface area contributed by atoms with Crippen LogP contribution in [0.1, 0.15) is 25.5 Å². The fourth-order valence-electron chi connectivity index (χ4n) is 2.51. The van der Waals surface area contributed by atoms with E-state index in [9.17, 15) is 18.3 Å². The van der Waals surface area contributed by atoms with E-state index in [1.807, 2.05) is 4.90 Å². The van der Waals surface area contributed by atoms with E-state index in [1.165, 1.54) is 0 Å². The lowest BCUT2D eigenvalue weighted by molar-refractivity contribution is -0.141. The average Bonchev–Trinajstić information content (AvgIpc) is 2.38. The van der Waals surface area contributed by atoms with Gasteiger partial charge in [0.1, 0.15) is 5.69 Å². The number of piperidine rings is 1. The van der Waals surface area contributed by atoms with Crippen molar-refractivity contribution in [1.29, 1.82) is 0 Å². The monoisotopic (exact) mass is 289 g/mol. The van der Waals surface area contributed by atoms with Gasteiger partial charge in [-0.25, -0.2) is 4.98 Å². The maximum Gasteiger partial charge on any atom is 0.433 e. The molecule has 4 nitrogen and oxygen atoms in total. The molecule has 0 aromatic carbocycles. The van der Waals surface area contributed by atoms with E-state index in [-0.39, 0.29) is 11.6 Å². The highest BCUT2D eigenvalue weighted by Crippen LogP contribution is 2.34. The quantitative estimate of drug-likeness (QED) is 0.877. The molecule has 1 aliphatic heterocycles. The first kappa shape index (κ1) is 14.9. The highest BCUT2D eigenvalue weighted by atomic mass is 19.4. The van der Waals surface area contributed by atoms with Crippen molar-refractivity contribution in [1.82, 2.24) is 4.98 Å². The molecular formula is C13H18F3N3O. The second-order valence-electron chi connectivity index (χ2n) is 5.19. The summed E-state index contributed by atoms with van der Waals surface area (Å²) in [6.45, 7) is 2.91. The van der Waals surface area contributed by atoms with E-state index in [0.29, 0.717) is 18.8 Å². The maximum atomic E-state index is 12.7. The lowest BCUT2D eigenvalue weighted by Crippen LogP contribution is -2.37. The Morgan fingerprint density at radius 1 is 1.40 bits per heavy atom. The van der Waals surface area contributed by atoms with Crippen LogP contribution in [0.2, 0.25) is 0 Å². The second kappa shape index (κ2) is 5.47. The number of nitrogen functional groups attached to an aromatic ring is 1. The van der Waals surface area contributed by atoms with Crippen molar-refractivity contribution >= 4 is 11.4 Å². The van der Waals surface area contributed by atoms with Gasteiger partial charge in [-0.2, -0.15) is 13.2 Å². The number of anilines is 2. The highest BCUT2D eigenvalue weighted by molar-refractivity contribution is 5.67. The molecule has 112 valence electrons. The third-order valence-electron chi connectivity index (χ3n) is 3.76. The van der Waals surface area contributed by atoms with Gasteiger partial charge in [-0.05, 0) is 31.7 Å². The van der Waals surface area contributed by atoms with E-state index >= 15 is 0 Å². The smallest absolute Gasteiger partial charge is 0.396 e. The Morgan fingerprint density at radius 2 is 2.00 bits per heavy atom. The summed E-state index contributed by atoms with van der Waals surface area (Å²) in [4.78, 5) is 5.16. The Labute approximate surface area is 115 Å². The molecule has 0 radical (unpaired) electrons. The molecule has 7 heteroatoms. The molecule has 2 heterocycles. The van der Waals surface area contributed by atoms with Crippen LogP contribution in [0.25, 0.3) is 0 Å². The second-order valence-corrected chi connectivity index (χ2v) is 5.19. The van der Waals surface area contributed by atoms with Gasteiger partial charge in [-0.1, -0.05) is 0 Å². The van der Waals surface area contributed by atoms with Crippen LogP contribution in [0.5, 0.6) is 0 Å². The average molecular weight is 289 g/mol. The van der Waals surface area contributed by atoms with Crippen LogP contribution in [0.4, 0.5) is 24.5 Å². The number of aromatic nitrogens is 1. The van der Waals surface area contributed by atoms with Crippen LogP contribution in [0.15, 0.2) is 12.3 Å². The van der Waals surface area contributed by atoms with Crippen molar-refractivity contribution in [3.8, 4) is 0 Å². The topological polar surface area (TPSA) is 62.4 Å². The lowest BCUT2D eigenvalue weighted by Gasteiger charge is -2.35. The van der Waals surface area contributed by atoms with E-state index < -0.39 is 18.0 Å². The van der Waals surface area contributed by atoms with Crippen molar-refractivity contribution in [3.05, 3.63) is 18.0 Å². The number of aliphatic hydroxyl groups excluding tert-OH is 1. The molecule has 3 N–H and O–H groups in total. The third-order valence-corrected chi connectivity index (χ3v) is 3.76. The standard InChI is InChI=1S/C13H18F3N3O/c1-8(20)9-2-4-19(5-3-9)11-6-12(13(14,15)16)18-7-10(11)17/h6-9,20H,2-5,17H2,1H3. The van der Waals surface area contributed by atoms with Gasteiger partial charge in [0.15, 0.2) is 0 Å². The first-order valence-corrected chi connectivity index (χ1v) is 6.54. The van der Waals surface area contributed by atoms with Gasteiger partial charge in [-0.15, -0.1) is 0 Å². The van der Waals surface area contributed by atoms with Gasteiger partial charge < -0.3 is 15.7 Å². The van der Waals surface area contributed by atoms with Gasteiger partial charge >= 0.3 is 6.18 Å². The number of hydrogen-bond acceptors (Lipinski definition) is 4. The first-order chi connectivity index (χ1) is 9.29. The fourth-order valence-corrected chi connectivity index (χ4v) is 2.51. The van der Waals surface area contributed by atoms with E-state index in [4.69, 9.17) is 5.73 Å². The van der Waals surface area contributed by atoms with Crippen molar-refractivity contribution in [2.24, 2.45) is 5.92 Å². The Balaban J connectivity index is 2.17. The van der Waals surface area contributed by atoms with Crippen LogP contribution in [0.3, 0.4) is 0 Å². The van der Waals surface area contributed by atoms with Gasteiger partial charge in [0, 0.05) is 13.1 Å². The molecule has 20 heavy (non-hydrogen) atoms. The Hall–Kier alpha value is -1.50. The molecule has 1 saturated heterocycles. The highest BCUT2D eigenvalue weighted by Gasteiger charge is 2.34. The van der Waals surface area contributed by atoms with Gasteiger partial charge in [0.25, 0.3) is 0 Å². The van der Waals surface area contributed by atoms with Crippen LogP contribution in [0, 0.1) is 5.92 Å². The van der Waals surface area contributed by atoms with Crippen LogP contribution >= 0.6 is 0 Å². The summed E-state index contributed by atoms with van der Waals surface area (Å²) < 4.78 is 38.0. The zero-order chi connectivity index (χ0) is 14.9. The molecule has 1 atom stereocenters. The van der Waals surface area contributed by atoms with E-state index in [1.54, 1.807) is 6.92 Å². The summed E-state index contributed by atoms with van der Waals surface area (Å²) in [7, 11) is 0. The number of nitrogens with two attached hydrogens (primary N) is 1. The van der Waals surface area contributed by atoms with Crippen LogP contribution in [-0.4, -0.2) is 29.3 Å². The molecule has 1 aromatic rings. The first-order valence-electron chi connectivity index (χ1n) is 6.54. The predicted octanol–water partition coefficient (Wildman–Crippen LogP) is 2.28. The number of alkyl halides is 3. The summed E-state index contributed by atoms with van der Waals surface area (Å²) in [6, 6.07) is 0.998. The molecule has 0 amide bonds. The Morgan fingerprint density at radius 3 is 2.50 bits per heavy atom. The summed E-state index contributed by atoms with van der Waals surface area (Å²) in [5.74, 6) is 0.191. The number of pyridine rings is 1. The Bertz CT molecular complexity index is 468. The van der Waals surface area contributed by atoms with Crippen LogP contribution < -0.4 is 10.6 Å². The molecule has 1 fully saturated rings. The Kier molecular flexibility index (Phi) is 4.08. The zero-order valence-electron chi connectivity index (χ0n) is 11.2. The minimum Gasteiger partial charge on any atom is -0.396 e. The molecule has 2 rings (SSSR count). The number of nitrogens with zero attached hydrogens (tertiary/aromatic N) is 2. The molecule has 0 spiro atoms. The van der Waals surface area contributed by atoms with Gasteiger partial charge in [0.2, 0.25) is 0 Å². The fraction of sp³-hybridized carbons (Fsp3) is 0.615. The molecule has 1 aliphatic rings. The predicted molar refractivity (Wildman–Crippen MR) is 70.3 cm³/mol. The largest absolute Gasteiger partial charge is 0.433 e. The van der Waals surface area contributed by atoms with Crippen molar-refractivity contribution in [3.63, 3.8) is 0 Å². The van der Waals surface area contributed by atoms with E-state index in [0.717, 1.165) is 25.1 Å². The van der Waals surface area contributed by atoms with Gasteiger partial charge in [0.05, 0.1) is 23.7 Å². The molecule has 0 saturated carbocycles. The summed E-state index contributed by atoms with van der Waals surface area (Å²) in [6.07, 6.45) is -2.33. The normalized spacial score (nSPS) is 19.1. The summed E-state index contributed by atoms with van der Waals surface area (Å²) >= 11 is 0.